The van der Waals surface area contributed by atoms with E-state index in [1.54, 1.807) is 11.1 Å². The molecule has 1 aromatic rings. The van der Waals surface area contributed by atoms with E-state index in [1.807, 2.05) is 0 Å². The van der Waals surface area contributed by atoms with Crippen LogP contribution >= 0.6 is 0 Å². The minimum Gasteiger partial charge on any atom is -0.377 e. The van der Waals surface area contributed by atoms with Gasteiger partial charge >= 0.3 is 0 Å². The molecule has 0 aliphatic heterocycles. The Morgan fingerprint density at radius 1 is 1.19 bits per heavy atom. The molecule has 3 atom stereocenters. The highest BCUT2D eigenvalue weighted by atomic mass is 16.5. The van der Waals surface area contributed by atoms with E-state index < -0.39 is 0 Å². The lowest BCUT2D eigenvalue weighted by atomic mass is 9.73. The van der Waals surface area contributed by atoms with Crippen LogP contribution in [0.5, 0.6) is 0 Å². The molecular formula is C19H31NO. The Morgan fingerprint density at radius 2 is 2.00 bits per heavy atom. The van der Waals surface area contributed by atoms with Crippen molar-refractivity contribution in [1.82, 2.24) is 5.32 Å². The maximum absolute atomic E-state index is 6.04. The fraction of sp³-hybridized carbons (Fsp3) is 0.684. The monoisotopic (exact) mass is 289 g/mol. The number of nitrogens with one attached hydrogen (secondary N) is 1. The first kappa shape index (κ1) is 16.5. The molecule has 3 unspecified atom stereocenters. The molecule has 2 rings (SSSR count). The van der Waals surface area contributed by atoms with Crippen LogP contribution in [0.15, 0.2) is 24.3 Å². The Morgan fingerprint density at radius 3 is 2.67 bits per heavy atom. The van der Waals surface area contributed by atoms with E-state index >= 15 is 0 Å². The van der Waals surface area contributed by atoms with Crippen molar-refractivity contribution in [3.05, 3.63) is 35.4 Å². The molecule has 1 aliphatic carbocycles. The van der Waals surface area contributed by atoms with E-state index in [9.17, 15) is 0 Å². The molecule has 0 aromatic heterocycles. The lowest BCUT2D eigenvalue weighted by Crippen LogP contribution is -2.44. The van der Waals surface area contributed by atoms with Crippen molar-refractivity contribution in [2.24, 2.45) is 0 Å². The van der Waals surface area contributed by atoms with Crippen LogP contribution in [-0.4, -0.2) is 25.3 Å². The number of hydrogen-bond acceptors (Lipinski definition) is 2. The Bertz CT molecular complexity index is 412. The second-order valence-corrected chi connectivity index (χ2v) is 6.18. The van der Waals surface area contributed by atoms with E-state index in [4.69, 9.17) is 4.74 Å². The fourth-order valence-corrected chi connectivity index (χ4v) is 3.48. The van der Waals surface area contributed by atoms with Gasteiger partial charge in [-0.2, -0.15) is 0 Å². The minimum absolute atomic E-state index is 0.360. The summed E-state index contributed by atoms with van der Waals surface area (Å²) in [4.78, 5) is 0. The highest BCUT2D eigenvalue weighted by molar-refractivity contribution is 5.40. The van der Waals surface area contributed by atoms with E-state index in [0.29, 0.717) is 12.1 Å². The lowest BCUT2D eigenvalue weighted by molar-refractivity contribution is 0.0235. The van der Waals surface area contributed by atoms with Crippen LogP contribution in [0, 0.1) is 0 Å². The molecule has 0 bridgehead atoms. The zero-order valence-electron chi connectivity index (χ0n) is 13.9. The summed E-state index contributed by atoms with van der Waals surface area (Å²) >= 11 is 0. The van der Waals surface area contributed by atoms with Crippen molar-refractivity contribution >= 4 is 0 Å². The molecule has 1 aromatic carbocycles. The van der Waals surface area contributed by atoms with Crippen molar-refractivity contribution < 1.29 is 4.74 Å². The van der Waals surface area contributed by atoms with Crippen LogP contribution in [0.25, 0.3) is 0 Å². The van der Waals surface area contributed by atoms with Gasteiger partial charge in [-0.05, 0) is 56.2 Å². The summed E-state index contributed by atoms with van der Waals surface area (Å²) in [7, 11) is 0. The quantitative estimate of drug-likeness (QED) is 0.694. The van der Waals surface area contributed by atoms with Crippen molar-refractivity contribution in [2.75, 3.05) is 13.2 Å². The molecule has 2 heteroatoms. The second-order valence-electron chi connectivity index (χ2n) is 6.18. The zero-order valence-corrected chi connectivity index (χ0v) is 13.9. The molecule has 1 N–H and O–H groups in total. The molecule has 0 amide bonds. The van der Waals surface area contributed by atoms with Gasteiger partial charge in [-0.1, -0.05) is 44.5 Å². The van der Waals surface area contributed by atoms with Crippen molar-refractivity contribution in [1.29, 1.82) is 0 Å². The molecule has 118 valence electrons. The highest BCUT2D eigenvalue weighted by Gasteiger charge is 2.31. The Labute approximate surface area is 130 Å². The largest absolute Gasteiger partial charge is 0.377 e. The molecule has 2 nitrogen and oxygen atoms in total. The SMILES string of the molecule is CCCNC(CC1Cc2ccccc21)C(CCC)OCC. The first-order valence-corrected chi connectivity index (χ1v) is 8.72. The van der Waals surface area contributed by atoms with Crippen LogP contribution in [0.1, 0.15) is 63.5 Å². The van der Waals surface area contributed by atoms with Crippen molar-refractivity contribution in [2.45, 2.75) is 70.9 Å². The molecule has 0 spiro atoms. The summed E-state index contributed by atoms with van der Waals surface area (Å²) in [5.74, 6) is 0.718. The van der Waals surface area contributed by atoms with E-state index in [-0.39, 0.29) is 0 Å². The predicted molar refractivity (Wildman–Crippen MR) is 89.9 cm³/mol. The van der Waals surface area contributed by atoms with Gasteiger partial charge in [-0.3, -0.25) is 0 Å². The molecule has 0 saturated carbocycles. The first-order valence-electron chi connectivity index (χ1n) is 8.72. The van der Waals surface area contributed by atoms with Crippen molar-refractivity contribution in [3.8, 4) is 0 Å². The molecule has 0 saturated heterocycles. The van der Waals surface area contributed by atoms with E-state index in [1.165, 1.54) is 25.7 Å². The number of ether oxygens (including phenoxy) is 1. The zero-order chi connectivity index (χ0) is 15.1. The number of hydrogen-bond donors (Lipinski definition) is 1. The van der Waals surface area contributed by atoms with Crippen LogP contribution in [0.2, 0.25) is 0 Å². The summed E-state index contributed by atoms with van der Waals surface area (Å²) < 4.78 is 6.04. The van der Waals surface area contributed by atoms with Gasteiger partial charge in [0.15, 0.2) is 0 Å². The minimum atomic E-state index is 0.360. The summed E-state index contributed by atoms with van der Waals surface area (Å²) in [5, 5.41) is 3.74. The third-order valence-corrected chi connectivity index (χ3v) is 4.56. The number of rotatable bonds is 10. The lowest BCUT2D eigenvalue weighted by Gasteiger charge is -2.36. The standard InChI is InChI=1S/C19H31NO/c1-4-9-19(21-6-3)18(20-12-5-2)14-16-13-15-10-7-8-11-17(15)16/h7-8,10-11,16,18-20H,4-6,9,12-14H2,1-3H3. The van der Waals surface area contributed by atoms with Gasteiger partial charge in [0, 0.05) is 12.6 Å². The van der Waals surface area contributed by atoms with Gasteiger partial charge in [0.05, 0.1) is 6.10 Å². The predicted octanol–water partition coefficient (Wildman–Crippen LogP) is 4.29. The Balaban J connectivity index is 1.99. The van der Waals surface area contributed by atoms with Gasteiger partial charge < -0.3 is 10.1 Å². The summed E-state index contributed by atoms with van der Waals surface area (Å²) in [6, 6.07) is 9.39. The summed E-state index contributed by atoms with van der Waals surface area (Å²) in [5.41, 5.74) is 3.10. The third-order valence-electron chi connectivity index (χ3n) is 4.56. The molecule has 0 radical (unpaired) electrons. The van der Waals surface area contributed by atoms with E-state index in [0.717, 1.165) is 25.5 Å². The molecule has 21 heavy (non-hydrogen) atoms. The smallest absolute Gasteiger partial charge is 0.0728 e. The second kappa shape index (κ2) is 8.55. The summed E-state index contributed by atoms with van der Waals surface area (Å²) in [6.07, 6.45) is 6.34. The molecular weight excluding hydrogens is 258 g/mol. The normalized spacial score (nSPS) is 19.7. The maximum Gasteiger partial charge on any atom is 0.0728 e. The van der Waals surface area contributed by atoms with Crippen LogP contribution in [0.3, 0.4) is 0 Å². The van der Waals surface area contributed by atoms with Gasteiger partial charge in [0.1, 0.15) is 0 Å². The number of fused-ring (bicyclic) bond motifs is 1. The van der Waals surface area contributed by atoms with Gasteiger partial charge in [0.25, 0.3) is 0 Å². The average Bonchev–Trinajstić information content (AvgIpc) is 2.48. The van der Waals surface area contributed by atoms with Gasteiger partial charge in [-0.25, -0.2) is 0 Å². The fourth-order valence-electron chi connectivity index (χ4n) is 3.48. The van der Waals surface area contributed by atoms with Crippen LogP contribution in [-0.2, 0) is 11.2 Å². The van der Waals surface area contributed by atoms with Crippen LogP contribution in [0.4, 0.5) is 0 Å². The van der Waals surface area contributed by atoms with Gasteiger partial charge in [-0.15, -0.1) is 0 Å². The average molecular weight is 289 g/mol. The van der Waals surface area contributed by atoms with E-state index in [2.05, 4.69) is 50.4 Å². The third kappa shape index (κ3) is 4.31. The Kier molecular flexibility index (Phi) is 6.72. The first-order chi connectivity index (χ1) is 10.3. The molecule has 0 fully saturated rings. The Hall–Kier alpha value is -0.860. The van der Waals surface area contributed by atoms with Crippen molar-refractivity contribution in [3.63, 3.8) is 0 Å². The van der Waals surface area contributed by atoms with Crippen LogP contribution < -0.4 is 5.32 Å². The number of benzene rings is 1. The molecule has 0 heterocycles. The maximum atomic E-state index is 6.04. The topological polar surface area (TPSA) is 21.3 Å². The molecule has 1 aliphatic rings. The van der Waals surface area contributed by atoms with Gasteiger partial charge in [0.2, 0.25) is 0 Å². The highest BCUT2D eigenvalue weighted by Crippen LogP contribution is 2.38. The summed E-state index contributed by atoms with van der Waals surface area (Å²) in [6.45, 7) is 8.50.